The smallest absolute Gasteiger partial charge is 0.257 e. The SMILES string of the molecule is CC1(C)C(=O)NC(=O)CN1C(=O)c1ccccc1N. The third kappa shape index (κ3) is 2.16. The molecule has 3 amide bonds. The number of imide groups is 1. The van der Waals surface area contributed by atoms with Gasteiger partial charge < -0.3 is 10.6 Å². The van der Waals surface area contributed by atoms with Crippen molar-refractivity contribution in [2.24, 2.45) is 0 Å². The first-order chi connectivity index (χ1) is 8.84. The van der Waals surface area contributed by atoms with Gasteiger partial charge in [-0.15, -0.1) is 0 Å². The lowest BCUT2D eigenvalue weighted by Crippen LogP contribution is -2.65. The summed E-state index contributed by atoms with van der Waals surface area (Å²) in [6.45, 7) is 3.02. The summed E-state index contributed by atoms with van der Waals surface area (Å²) in [4.78, 5) is 36.9. The fourth-order valence-corrected chi connectivity index (χ4v) is 1.95. The number of benzene rings is 1. The highest BCUT2D eigenvalue weighted by Crippen LogP contribution is 2.23. The van der Waals surface area contributed by atoms with Crippen LogP contribution in [-0.4, -0.2) is 34.7 Å². The van der Waals surface area contributed by atoms with Crippen molar-refractivity contribution >= 4 is 23.4 Å². The highest BCUT2D eigenvalue weighted by Gasteiger charge is 2.43. The van der Waals surface area contributed by atoms with Crippen LogP contribution in [0.2, 0.25) is 0 Å². The van der Waals surface area contributed by atoms with E-state index in [9.17, 15) is 14.4 Å². The van der Waals surface area contributed by atoms with Gasteiger partial charge >= 0.3 is 0 Å². The van der Waals surface area contributed by atoms with Crippen LogP contribution in [0, 0.1) is 0 Å². The molecule has 1 heterocycles. The van der Waals surface area contributed by atoms with E-state index in [0.29, 0.717) is 5.69 Å². The van der Waals surface area contributed by atoms with E-state index in [1.54, 1.807) is 38.1 Å². The summed E-state index contributed by atoms with van der Waals surface area (Å²) >= 11 is 0. The van der Waals surface area contributed by atoms with Crippen molar-refractivity contribution in [1.29, 1.82) is 0 Å². The second-order valence-electron chi connectivity index (χ2n) is 4.91. The molecule has 0 unspecified atom stereocenters. The van der Waals surface area contributed by atoms with Crippen LogP contribution in [0.5, 0.6) is 0 Å². The summed E-state index contributed by atoms with van der Waals surface area (Å²) in [5, 5.41) is 2.22. The Labute approximate surface area is 110 Å². The first-order valence-electron chi connectivity index (χ1n) is 5.85. The van der Waals surface area contributed by atoms with Crippen molar-refractivity contribution in [2.45, 2.75) is 19.4 Å². The van der Waals surface area contributed by atoms with E-state index >= 15 is 0 Å². The number of piperazine rings is 1. The number of hydrogen-bond donors (Lipinski definition) is 2. The van der Waals surface area contributed by atoms with Gasteiger partial charge in [0.2, 0.25) is 5.91 Å². The van der Waals surface area contributed by atoms with Gasteiger partial charge in [0.15, 0.2) is 0 Å². The molecule has 6 nitrogen and oxygen atoms in total. The van der Waals surface area contributed by atoms with E-state index in [0.717, 1.165) is 0 Å². The van der Waals surface area contributed by atoms with Gasteiger partial charge in [0.25, 0.3) is 11.8 Å². The minimum Gasteiger partial charge on any atom is -0.398 e. The van der Waals surface area contributed by atoms with Gasteiger partial charge in [-0.1, -0.05) is 12.1 Å². The number of nitrogen functional groups attached to an aromatic ring is 1. The Hall–Kier alpha value is -2.37. The van der Waals surface area contributed by atoms with Crippen LogP contribution in [0.3, 0.4) is 0 Å². The Balaban J connectivity index is 2.40. The molecule has 1 aromatic carbocycles. The number of amides is 3. The maximum atomic E-state index is 12.4. The number of rotatable bonds is 1. The van der Waals surface area contributed by atoms with Crippen LogP contribution < -0.4 is 11.1 Å². The number of para-hydroxylation sites is 1. The fraction of sp³-hybridized carbons (Fsp3) is 0.308. The third-order valence-corrected chi connectivity index (χ3v) is 3.22. The molecular weight excluding hydrogens is 246 g/mol. The van der Waals surface area contributed by atoms with Gasteiger partial charge in [0, 0.05) is 5.69 Å². The third-order valence-electron chi connectivity index (χ3n) is 3.22. The molecule has 1 fully saturated rings. The van der Waals surface area contributed by atoms with Gasteiger partial charge in [0.1, 0.15) is 12.1 Å². The molecule has 2 rings (SSSR count). The molecule has 1 aliphatic rings. The minimum atomic E-state index is -1.09. The second-order valence-corrected chi connectivity index (χ2v) is 4.91. The Morgan fingerprint density at radius 2 is 1.95 bits per heavy atom. The Bertz CT molecular complexity index is 566. The monoisotopic (exact) mass is 261 g/mol. The maximum Gasteiger partial charge on any atom is 0.257 e. The van der Waals surface area contributed by atoms with Crippen molar-refractivity contribution in [2.75, 3.05) is 12.3 Å². The van der Waals surface area contributed by atoms with Crippen LogP contribution in [0.15, 0.2) is 24.3 Å². The van der Waals surface area contributed by atoms with Crippen molar-refractivity contribution in [3.05, 3.63) is 29.8 Å². The molecule has 19 heavy (non-hydrogen) atoms. The van der Waals surface area contributed by atoms with Crippen molar-refractivity contribution in [3.63, 3.8) is 0 Å². The van der Waals surface area contributed by atoms with Crippen LogP contribution in [0.1, 0.15) is 24.2 Å². The van der Waals surface area contributed by atoms with E-state index in [1.165, 1.54) is 4.90 Å². The molecule has 0 bridgehead atoms. The van der Waals surface area contributed by atoms with Crippen molar-refractivity contribution in [3.8, 4) is 0 Å². The molecular formula is C13H15N3O3. The number of anilines is 1. The maximum absolute atomic E-state index is 12.4. The summed E-state index contributed by atoms with van der Waals surface area (Å²) in [7, 11) is 0. The van der Waals surface area contributed by atoms with Crippen LogP contribution in [0.25, 0.3) is 0 Å². The van der Waals surface area contributed by atoms with Gasteiger partial charge in [-0.05, 0) is 26.0 Å². The molecule has 100 valence electrons. The number of hydrogen-bond acceptors (Lipinski definition) is 4. The molecule has 1 aromatic rings. The summed E-state index contributed by atoms with van der Waals surface area (Å²) in [6, 6.07) is 6.57. The van der Waals surface area contributed by atoms with E-state index in [2.05, 4.69) is 5.32 Å². The number of nitrogens with one attached hydrogen (secondary N) is 1. The summed E-state index contributed by atoms with van der Waals surface area (Å²) < 4.78 is 0. The second kappa shape index (κ2) is 4.38. The average Bonchev–Trinajstić information content (AvgIpc) is 2.34. The molecule has 0 aromatic heterocycles. The number of carbonyl (C=O) groups is 3. The van der Waals surface area contributed by atoms with E-state index in [4.69, 9.17) is 5.73 Å². The molecule has 0 aliphatic carbocycles. The zero-order valence-electron chi connectivity index (χ0n) is 10.8. The molecule has 0 atom stereocenters. The van der Waals surface area contributed by atoms with Crippen LogP contribution in [-0.2, 0) is 9.59 Å². The van der Waals surface area contributed by atoms with Gasteiger partial charge in [-0.25, -0.2) is 0 Å². The molecule has 0 spiro atoms. The fourth-order valence-electron chi connectivity index (χ4n) is 1.95. The quantitative estimate of drug-likeness (QED) is 0.556. The largest absolute Gasteiger partial charge is 0.398 e. The predicted octanol–water partition coefficient (Wildman–Crippen LogP) is 0.146. The standard InChI is InChI=1S/C13H15N3O3/c1-13(2)12(19)15-10(17)7-16(13)11(18)8-5-3-4-6-9(8)14/h3-6H,7,14H2,1-2H3,(H,15,17,19). The molecule has 6 heteroatoms. The zero-order valence-corrected chi connectivity index (χ0v) is 10.8. The Kier molecular flexibility index (Phi) is 3.01. The highest BCUT2D eigenvalue weighted by atomic mass is 16.2. The van der Waals surface area contributed by atoms with E-state index in [1.807, 2.05) is 0 Å². The lowest BCUT2D eigenvalue weighted by Gasteiger charge is -2.40. The topological polar surface area (TPSA) is 92.5 Å². The van der Waals surface area contributed by atoms with Gasteiger partial charge in [-0.2, -0.15) is 0 Å². The van der Waals surface area contributed by atoms with Gasteiger partial charge in [0.05, 0.1) is 5.56 Å². The summed E-state index contributed by atoms with van der Waals surface area (Å²) in [5.41, 5.74) is 5.27. The molecule has 3 N–H and O–H groups in total. The Morgan fingerprint density at radius 3 is 2.58 bits per heavy atom. The predicted molar refractivity (Wildman–Crippen MR) is 69.1 cm³/mol. The van der Waals surface area contributed by atoms with Crippen LogP contribution >= 0.6 is 0 Å². The van der Waals surface area contributed by atoms with E-state index in [-0.39, 0.29) is 12.1 Å². The van der Waals surface area contributed by atoms with Crippen LogP contribution in [0.4, 0.5) is 5.69 Å². The van der Waals surface area contributed by atoms with Crippen molar-refractivity contribution < 1.29 is 14.4 Å². The lowest BCUT2D eigenvalue weighted by molar-refractivity contribution is -0.143. The Morgan fingerprint density at radius 1 is 1.32 bits per heavy atom. The first kappa shape index (κ1) is 13.1. The minimum absolute atomic E-state index is 0.161. The number of nitrogens with zero attached hydrogens (tertiary/aromatic N) is 1. The number of nitrogens with two attached hydrogens (primary N) is 1. The molecule has 1 saturated heterocycles. The zero-order chi connectivity index (χ0) is 14.2. The van der Waals surface area contributed by atoms with E-state index < -0.39 is 23.3 Å². The molecule has 1 aliphatic heterocycles. The molecule has 0 saturated carbocycles. The summed E-state index contributed by atoms with van der Waals surface area (Å²) in [6.07, 6.45) is 0. The summed E-state index contributed by atoms with van der Waals surface area (Å²) in [5.74, 6) is -1.41. The molecule has 0 radical (unpaired) electrons. The highest BCUT2D eigenvalue weighted by molar-refractivity contribution is 6.10. The first-order valence-corrected chi connectivity index (χ1v) is 5.85. The lowest BCUT2D eigenvalue weighted by atomic mass is 9.97. The van der Waals surface area contributed by atoms with Gasteiger partial charge in [-0.3, -0.25) is 19.7 Å². The average molecular weight is 261 g/mol. The normalized spacial score (nSPS) is 18.1. The van der Waals surface area contributed by atoms with Crippen molar-refractivity contribution in [1.82, 2.24) is 10.2 Å². The number of carbonyl (C=O) groups excluding carboxylic acids is 3.